The fourth-order valence-electron chi connectivity index (χ4n) is 8.25. The number of rotatable bonds is 49. The Hall–Kier alpha value is -2.44. The third kappa shape index (κ3) is 46.1. The molecule has 0 bridgehead atoms. The Morgan fingerprint density at radius 2 is 0.844 bits per heavy atom. The average Bonchev–Trinajstić information content (AvgIpc) is 3.29. The fourth-order valence-corrected chi connectivity index (χ4v) is 8.25. The molecule has 3 atom stereocenters. The lowest BCUT2D eigenvalue weighted by Gasteiger charge is -2.24. The molecule has 372 valence electrons. The average molecular weight is 896 g/mol. The minimum absolute atomic E-state index is 0.0587. The highest BCUT2D eigenvalue weighted by Crippen LogP contribution is 2.18. The van der Waals surface area contributed by atoms with E-state index in [2.05, 4.69) is 86.8 Å². The number of carbonyl (C=O) groups is 2. The second kappa shape index (κ2) is 51.5. The van der Waals surface area contributed by atoms with Gasteiger partial charge in [-0.1, -0.05) is 236 Å². The number of aliphatic hydroxyl groups excluding tert-OH is 2. The highest BCUT2D eigenvalue weighted by molar-refractivity contribution is 5.77. The molecule has 0 aromatic carbocycles. The molecule has 6 heteroatoms. The molecular formula is C58H105NO5. The lowest BCUT2D eigenvalue weighted by atomic mass is 10.0. The number of allylic oxidation sites excluding steroid dienone is 10. The SMILES string of the molecule is CC/C=C/C/C=C/C/C=C/CCCCCCC(CC(=O)NC(CO)C(O)CCCCCCCCCCCCCCCCCCC)OC(=O)CCCCCCCCC/C=C/C/C=C/CC. The van der Waals surface area contributed by atoms with Crippen molar-refractivity contribution in [2.24, 2.45) is 0 Å². The largest absolute Gasteiger partial charge is 0.462 e. The Morgan fingerprint density at radius 3 is 1.28 bits per heavy atom. The Bertz CT molecular complexity index is 1140. The second-order valence-corrected chi connectivity index (χ2v) is 18.6. The number of unbranched alkanes of at least 4 members (excludes halogenated alkanes) is 27. The third-order valence-corrected chi connectivity index (χ3v) is 12.3. The molecule has 0 rings (SSSR count). The number of carbonyl (C=O) groups excluding carboxylic acids is 2. The van der Waals surface area contributed by atoms with E-state index < -0.39 is 18.2 Å². The lowest BCUT2D eigenvalue weighted by Crippen LogP contribution is -2.46. The van der Waals surface area contributed by atoms with Crippen LogP contribution in [0.4, 0.5) is 0 Å². The normalized spacial score (nSPS) is 13.6. The monoisotopic (exact) mass is 896 g/mol. The van der Waals surface area contributed by atoms with Crippen LogP contribution in [-0.4, -0.2) is 46.9 Å². The molecule has 0 radical (unpaired) electrons. The molecule has 0 aliphatic carbocycles. The van der Waals surface area contributed by atoms with Crippen LogP contribution in [0.25, 0.3) is 0 Å². The van der Waals surface area contributed by atoms with E-state index in [1.165, 1.54) is 116 Å². The van der Waals surface area contributed by atoms with Crippen LogP contribution in [0.3, 0.4) is 0 Å². The van der Waals surface area contributed by atoms with E-state index in [1.54, 1.807) is 0 Å². The number of nitrogens with one attached hydrogen (secondary N) is 1. The second-order valence-electron chi connectivity index (χ2n) is 18.6. The molecule has 0 aromatic heterocycles. The van der Waals surface area contributed by atoms with Crippen LogP contribution in [0, 0.1) is 0 Å². The zero-order valence-corrected chi connectivity index (χ0v) is 42.4. The minimum atomic E-state index is -0.797. The van der Waals surface area contributed by atoms with Gasteiger partial charge in [0.25, 0.3) is 0 Å². The van der Waals surface area contributed by atoms with Crippen LogP contribution in [0.2, 0.25) is 0 Å². The van der Waals surface area contributed by atoms with Gasteiger partial charge >= 0.3 is 5.97 Å². The van der Waals surface area contributed by atoms with Gasteiger partial charge in [0.15, 0.2) is 0 Å². The Balaban J connectivity index is 4.55. The summed E-state index contributed by atoms with van der Waals surface area (Å²) in [7, 11) is 0. The van der Waals surface area contributed by atoms with Crippen molar-refractivity contribution >= 4 is 11.9 Å². The highest BCUT2D eigenvalue weighted by atomic mass is 16.5. The molecular weight excluding hydrogens is 791 g/mol. The van der Waals surface area contributed by atoms with E-state index in [9.17, 15) is 19.8 Å². The van der Waals surface area contributed by atoms with Crippen LogP contribution in [-0.2, 0) is 14.3 Å². The number of hydrogen-bond donors (Lipinski definition) is 3. The molecule has 0 heterocycles. The summed E-state index contributed by atoms with van der Waals surface area (Å²) in [5.74, 6) is -0.501. The standard InChI is InChI=1S/C58H105NO5/c1-4-7-10-13-16-19-22-25-28-29-30-32-35-38-41-44-47-50-56(61)55(53-60)59-57(62)52-54(49-46-43-40-37-34-31-26-23-20-17-14-11-8-5-2)64-58(63)51-48-45-42-39-36-33-27-24-21-18-15-12-9-6-3/h8-9,11-12,17-18,20-21,26,31,54-56,60-61H,4-7,10,13-16,19,22-25,27-30,32-53H2,1-3H3,(H,59,62)/b11-8+,12-9+,20-17+,21-18+,31-26+. The van der Waals surface area contributed by atoms with Crippen molar-refractivity contribution in [2.75, 3.05) is 6.61 Å². The molecule has 0 spiro atoms. The predicted octanol–water partition coefficient (Wildman–Crippen LogP) is 16.8. The first kappa shape index (κ1) is 61.6. The molecule has 0 fully saturated rings. The van der Waals surface area contributed by atoms with Crippen molar-refractivity contribution in [3.05, 3.63) is 60.8 Å². The van der Waals surface area contributed by atoms with Gasteiger partial charge in [-0.2, -0.15) is 0 Å². The van der Waals surface area contributed by atoms with Crippen molar-refractivity contribution in [2.45, 2.75) is 289 Å². The van der Waals surface area contributed by atoms with E-state index in [0.717, 1.165) is 109 Å². The van der Waals surface area contributed by atoms with Crippen molar-refractivity contribution in [3.8, 4) is 0 Å². The zero-order chi connectivity index (χ0) is 46.7. The molecule has 1 amide bonds. The Morgan fingerprint density at radius 1 is 0.469 bits per heavy atom. The molecule has 64 heavy (non-hydrogen) atoms. The van der Waals surface area contributed by atoms with Gasteiger partial charge in [-0.05, 0) is 83.5 Å². The van der Waals surface area contributed by atoms with Crippen LogP contribution in [0.5, 0.6) is 0 Å². The molecule has 0 aromatic rings. The van der Waals surface area contributed by atoms with Crippen molar-refractivity contribution in [1.82, 2.24) is 5.32 Å². The van der Waals surface area contributed by atoms with Crippen molar-refractivity contribution in [1.29, 1.82) is 0 Å². The maximum Gasteiger partial charge on any atom is 0.306 e. The first-order valence-electron chi connectivity index (χ1n) is 27.5. The molecule has 0 saturated carbocycles. The first-order chi connectivity index (χ1) is 31.5. The molecule has 3 N–H and O–H groups in total. The topological polar surface area (TPSA) is 95.9 Å². The van der Waals surface area contributed by atoms with Gasteiger partial charge in [0.2, 0.25) is 5.91 Å². The number of aliphatic hydroxyl groups is 2. The van der Waals surface area contributed by atoms with Gasteiger partial charge in [0, 0.05) is 6.42 Å². The molecule has 0 aliphatic rings. The molecule has 0 aliphatic heterocycles. The lowest BCUT2D eigenvalue weighted by molar-refractivity contribution is -0.151. The van der Waals surface area contributed by atoms with Gasteiger partial charge < -0.3 is 20.3 Å². The Kier molecular flexibility index (Phi) is 49.6. The summed E-state index contributed by atoms with van der Waals surface area (Å²) in [6, 6.07) is -0.712. The number of esters is 1. The van der Waals surface area contributed by atoms with Gasteiger partial charge in [0.05, 0.1) is 25.2 Å². The predicted molar refractivity (Wildman–Crippen MR) is 278 cm³/mol. The maximum atomic E-state index is 13.2. The van der Waals surface area contributed by atoms with Gasteiger partial charge in [0.1, 0.15) is 6.10 Å². The summed E-state index contributed by atoms with van der Waals surface area (Å²) >= 11 is 0. The van der Waals surface area contributed by atoms with Crippen LogP contribution < -0.4 is 5.32 Å². The number of hydrogen-bond acceptors (Lipinski definition) is 5. The highest BCUT2D eigenvalue weighted by Gasteiger charge is 2.24. The van der Waals surface area contributed by atoms with Crippen molar-refractivity contribution in [3.63, 3.8) is 0 Å². The summed E-state index contributed by atoms with van der Waals surface area (Å²) in [5, 5.41) is 23.9. The van der Waals surface area contributed by atoms with E-state index in [1.807, 2.05) is 0 Å². The quantitative estimate of drug-likeness (QED) is 0.0321. The summed E-state index contributed by atoms with van der Waals surface area (Å²) < 4.78 is 5.93. The van der Waals surface area contributed by atoms with Crippen molar-refractivity contribution < 1.29 is 24.5 Å². The van der Waals surface area contributed by atoms with Crippen LogP contribution in [0.15, 0.2) is 60.8 Å². The molecule has 0 saturated heterocycles. The molecule has 3 unspecified atom stereocenters. The van der Waals surface area contributed by atoms with Gasteiger partial charge in [-0.25, -0.2) is 0 Å². The summed E-state index contributed by atoms with van der Waals surface area (Å²) in [6.07, 6.45) is 64.3. The van der Waals surface area contributed by atoms with E-state index in [4.69, 9.17) is 4.74 Å². The molecule has 6 nitrogen and oxygen atoms in total. The maximum absolute atomic E-state index is 13.2. The van der Waals surface area contributed by atoms with E-state index in [0.29, 0.717) is 19.3 Å². The van der Waals surface area contributed by atoms with E-state index >= 15 is 0 Å². The Labute approximate surface area is 397 Å². The summed E-state index contributed by atoms with van der Waals surface area (Å²) in [5.41, 5.74) is 0. The van der Waals surface area contributed by atoms with Gasteiger partial charge in [-0.15, -0.1) is 0 Å². The van der Waals surface area contributed by atoms with Crippen LogP contribution in [0.1, 0.15) is 271 Å². The summed E-state index contributed by atoms with van der Waals surface area (Å²) in [4.78, 5) is 26.2. The smallest absolute Gasteiger partial charge is 0.306 e. The van der Waals surface area contributed by atoms with Gasteiger partial charge in [-0.3, -0.25) is 9.59 Å². The van der Waals surface area contributed by atoms with E-state index in [-0.39, 0.29) is 24.9 Å². The minimum Gasteiger partial charge on any atom is -0.462 e. The number of amides is 1. The zero-order valence-electron chi connectivity index (χ0n) is 42.4. The fraction of sp³-hybridized carbons (Fsp3) is 0.793. The first-order valence-corrected chi connectivity index (χ1v) is 27.5. The van der Waals surface area contributed by atoms with Crippen LogP contribution >= 0.6 is 0 Å². The number of ether oxygens (including phenoxy) is 1. The summed E-state index contributed by atoms with van der Waals surface area (Å²) in [6.45, 7) is 6.28. The third-order valence-electron chi connectivity index (χ3n) is 12.3.